The van der Waals surface area contributed by atoms with Crippen molar-refractivity contribution in [2.75, 3.05) is 16.6 Å². The Hall–Kier alpha value is -1.74. The van der Waals surface area contributed by atoms with Gasteiger partial charge in [-0.15, -0.1) is 0 Å². The largest absolute Gasteiger partial charge is 0.354 e. The monoisotopic (exact) mass is 371 g/mol. The summed E-state index contributed by atoms with van der Waals surface area (Å²) in [5.41, 5.74) is 0. The molecule has 0 aliphatic rings. The van der Waals surface area contributed by atoms with Gasteiger partial charge in [0.1, 0.15) is 4.90 Å². The molecule has 2 aromatic heterocycles. The standard InChI is InChI=1S/C12H14BrN5O2S/c1-2-5-15-12-16-7-9(8-17-12)21(19,20)18-11-10(13)4-3-6-14-11/h3-4,6-8H,2,5H2,1H3,(H,14,18)(H,15,16,17). The second kappa shape index (κ2) is 6.81. The van der Waals surface area contributed by atoms with E-state index in [0.29, 0.717) is 10.4 Å². The zero-order valence-electron chi connectivity index (χ0n) is 11.2. The molecule has 9 heteroatoms. The van der Waals surface area contributed by atoms with Crippen LogP contribution in [0.1, 0.15) is 13.3 Å². The quantitative estimate of drug-likeness (QED) is 0.808. The summed E-state index contributed by atoms with van der Waals surface area (Å²) < 4.78 is 27.3. The first-order chi connectivity index (χ1) is 10.0. The minimum absolute atomic E-state index is 0.0258. The molecule has 2 aromatic rings. The molecule has 21 heavy (non-hydrogen) atoms. The first-order valence-electron chi connectivity index (χ1n) is 6.22. The van der Waals surface area contributed by atoms with Crippen molar-refractivity contribution in [1.29, 1.82) is 0 Å². The Morgan fingerprint density at radius 1 is 1.24 bits per heavy atom. The van der Waals surface area contributed by atoms with E-state index >= 15 is 0 Å². The van der Waals surface area contributed by atoms with Crippen molar-refractivity contribution in [3.8, 4) is 0 Å². The van der Waals surface area contributed by atoms with Gasteiger partial charge in [0.25, 0.3) is 10.0 Å². The highest BCUT2D eigenvalue weighted by Crippen LogP contribution is 2.21. The van der Waals surface area contributed by atoms with Gasteiger partial charge in [-0.25, -0.2) is 23.4 Å². The van der Waals surface area contributed by atoms with E-state index in [1.807, 2.05) is 6.92 Å². The molecule has 0 amide bonds. The molecule has 0 aliphatic carbocycles. The maximum atomic E-state index is 12.2. The number of nitrogens with one attached hydrogen (secondary N) is 2. The predicted octanol–water partition coefficient (Wildman–Crippen LogP) is 2.26. The summed E-state index contributed by atoms with van der Waals surface area (Å²) in [4.78, 5) is 11.9. The van der Waals surface area contributed by atoms with Gasteiger partial charge in [0.05, 0.1) is 16.9 Å². The Kier molecular flexibility index (Phi) is 5.07. The number of hydrogen-bond donors (Lipinski definition) is 2. The molecule has 112 valence electrons. The number of hydrogen-bond acceptors (Lipinski definition) is 6. The predicted molar refractivity (Wildman–Crippen MR) is 83.6 cm³/mol. The molecule has 0 fully saturated rings. The lowest BCUT2D eigenvalue weighted by molar-refractivity contribution is 0.600. The van der Waals surface area contributed by atoms with Crippen molar-refractivity contribution in [2.45, 2.75) is 18.2 Å². The first kappa shape index (κ1) is 15.6. The third-order valence-electron chi connectivity index (χ3n) is 2.46. The van der Waals surface area contributed by atoms with Crippen LogP contribution in [0.3, 0.4) is 0 Å². The van der Waals surface area contributed by atoms with Crippen molar-refractivity contribution in [2.24, 2.45) is 0 Å². The summed E-state index contributed by atoms with van der Waals surface area (Å²) in [5, 5.41) is 2.97. The van der Waals surface area contributed by atoms with Crippen molar-refractivity contribution in [3.05, 3.63) is 35.2 Å². The number of halogens is 1. The van der Waals surface area contributed by atoms with Gasteiger partial charge in [-0.3, -0.25) is 4.72 Å². The average Bonchev–Trinajstić information content (AvgIpc) is 2.48. The van der Waals surface area contributed by atoms with E-state index in [9.17, 15) is 8.42 Å². The maximum Gasteiger partial charge on any atom is 0.266 e. The summed E-state index contributed by atoms with van der Waals surface area (Å²) in [6.45, 7) is 2.74. The second-order valence-corrected chi connectivity index (χ2v) is 6.65. The van der Waals surface area contributed by atoms with Gasteiger partial charge in [0.15, 0.2) is 5.82 Å². The number of aromatic nitrogens is 3. The lowest BCUT2D eigenvalue weighted by atomic mass is 10.5. The van der Waals surface area contributed by atoms with Gasteiger partial charge in [-0.05, 0) is 34.5 Å². The van der Waals surface area contributed by atoms with Crippen LogP contribution in [0.2, 0.25) is 0 Å². The van der Waals surface area contributed by atoms with Gasteiger partial charge < -0.3 is 5.32 Å². The normalized spacial score (nSPS) is 11.1. The smallest absolute Gasteiger partial charge is 0.266 e. The minimum atomic E-state index is -3.77. The molecule has 0 atom stereocenters. The summed E-state index contributed by atoms with van der Waals surface area (Å²) in [6.07, 6.45) is 4.93. The van der Waals surface area contributed by atoms with E-state index in [0.717, 1.165) is 13.0 Å². The fourth-order valence-electron chi connectivity index (χ4n) is 1.43. The lowest BCUT2D eigenvalue weighted by Crippen LogP contribution is -2.15. The number of anilines is 2. The van der Waals surface area contributed by atoms with Crippen molar-refractivity contribution < 1.29 is 8.42 Å². The number of pyridine rings is 1. The molecule has 2 N–H and O–H groups in total. The van der Waals surface area contributed by atoms with Gasteiger partial charge >= 0.3 is 0 Å². The summed E-state index contributed by atoms with van der Waals surface area (Å²) in [7, 11) is -3.77. The zero-order valence-corrected chi connectivity index (χ0v) is 13.6. The summed E-state index contributed by atoms with van der Waals surface area (Å²) in [6, 6.07) is 3.39. The van der Waals surface area contributed by atoms with Gasteiger partial charge in [0.2, 0.25) is 5.95 Å². The third kappa shape index (κ3) is 4.11. The molecule has 0 saturated carbocycles. The minimum Gasteiger partial charge on any atom is -0.354 e. The van der Waals surface area contributed by atoms with Crippen LogP contribution in [0.15, 0.2) is 40.1 Å². The van der Waals surface area contributed by atoms with E-state index in [-0.39, 0.29) is 10.7 Å². The van der Waals surface area contributed by atoms with Crippen LogP contribution in [-0.4, -0.2) is 29.9 Å². The fourth-order valence-corrected chi connectivity index (χ4v) is 2.83. The maximum absolute atomic E-state index is 12.2. The molecule has 2 heterocycles. The van der Waals surface area contributed by atoms with E-state index in [1.165, 1.54) is 18.6 Å². The highest BCUT2D eigenvalue weighted by molar-refractivity contribution is 9.10. The van der Waals surface area contributed by atoms with E-state index < -0.39 is 10.0 Å². The van der Waals surface area contributed by atoms with Gasteiger partial charge in [-0.2, -0.15) is 0 Å². The van der Waals surface area contributed by atoms with Crippen LogP contribution >= 0.6 is 15.9 Å². The summed E-state index contributed by atoms with van der Waals surface area (Å²) in [5.74, 6) is 0.612. The number of rotatable bonds is 6. The Bertz CT molecular complexity index is 706. The van der Waals surface area contributed by atoms with Gasteiger partial charge in [0, 0.05) is 12.7 Å². The molecule has 0 bridgehead atoms. The van der Waals surface area contributed by atoms with Crippen molar-refractivity contribution in [3.63, 3.8) is 0 Å². The molecule has 0 radical (unpaired) electrons. The Morgan fingerprint density at radius 3 is 2.57 bits per heavy atom. The van der Waals surface area contributed by atoms with E-state index in [1.54, 1.807) is 12.1 Å². The SMILES string of the molecule is CCCNc1ncc(S(=O)(=O)Nc2ncccc2Br)cn1. The Labute approximate surface area is 131 Å². The topological polar surface area (TPSA) is 96.9 Å². The van der Waals surface area contributed by atoms with Crippen molar-refractivity contribution in [1.82, 2.24) is 15.0 Å². The molecule has 7 nitrogen and oxygen atoms in total. The molecule has 0 unspecified atom stereocenters. The van der Waals surface area contributed by atoms with Crippen molar-refractivity contribution >= 4 is 37.7 Å². The molecule has 0 saturated heterocycles. The molecule has 0 aliphatic heterocycles. The van der Waals surface area contributed by atoms with Crippen LogP contribution in [0.25, 0.3) is 0 Å². The fraction of sp³-hybridized carbons (Fsp3) is 0.250. The highest BCUT2D eigenvalue weighted by Gasteiger charge is 2.17. The van der Waals surface area contributed by atoms with Crippen LogP contribution < -0.4 is 10.0 Å². The second-order valence-electron chi connectivity index (χ2n) is 4.11. The molecular weight excluding hydrogens is 358 g/mol. The highest BCUT2D eigenvalue weighted by atomic mass is 79.9. The average molecular weight is 372 g/mol. The van der Waals surface area contributed by atoms with E-state index in [4.69, 9.17) is 0 Å². The first-order valence-corrected chi connectivity index (χ1v) is 8.50. The van der Waals surface area contributed by atoms with Crippen LogP contribution in [0.5, 0.6) is 0 Å². The van der Waals surface area contributed by atoms with Crippen LogP contribution in [0.4, 0.5) is 11.8 Å². The Morgan fingerprint density at radius 2 is 1.95 bits per heavy atom. The zero-order chi connectivity index (χ0) is 15.3. The third-order valence-corrected chi connectivity index (χ3v) is 4.39. The molecule has 0 aromatic carbocycles. The van der Waals surface area contributed by atoms with E-state index in [2.05, 4.69) is 40.9 Å². The summed E-state index contributed by atoms with van der Waals surface area (Å²) >= 11 is 3.23. The van der Waals surface area contributed by atoms with Crippen LogP contribution in [-0.2, 0) is 10.0 Å². The molecular formula is C12H14BrN5O2S. The molecule has 0 spiro atoms. The number of nitrogens with zero attached hydrogens (tertiary/aromatic N) is 3. The molecule has 2 rings (SSSR count). The number of sulfonamides is 1. The van der Waals surface area contributed by atoms with Gasteiger partial charge in [-0.1, -0.05) is 6.92 Å². The Balaban J connectivity index is 2.18. The van der Waals surface area contributed by atoms with Crippen LogP contribution in [0, 0.1) is 0 Å². The lowest BCUT2D eigenvalue weighted by Gasteiger charge is -2.08.